The van der Waals surface area contributed by atoms with Crippen molar-refractivity contribution in [3.63, 3.8) is 0 Å². The molecule has 1 N–H and O–H groups in total. The third-order valence-corrected chi connectivity index (χ3v) is 6.01. The Morgan fingerprint density at radius 2 is 1.96 bits per heavy atom. The maximum Gasteiger partial charge on any atom is 0.267 e. The molecule has 7 heteroatoms. The Hall–Kier alpha value is -2.57. The van der Waals surface area contributed by atoms with E-state index in [0.29, 0.717) is 28.4 Å². The van der Waals surface area contributed by atoms with Gasteiger partial charge in [-0.3, -0.25) is 9.59 Å². The third kappa shape index (κ3) is 4.46. The van der Waals surface area contributed by atoms with Crippen LogP contribution in [-0.2, 0) is 11.2 Å². The molecule has 2 amide bonds. The maximum absolute atomic E-state index is 12.7. The molecule has 2 aromatic carbocycles. The summed E-state index contributed by atoms with van der Waals surface area (Å²) in [6.45, 7) is 0. The summed E-state index contributed by atoms with van der Waals surface area (Å²) in [4.78, 5) is 26.5. The van der Waals surface area contributed by atoms with Gasteiger partial charge in [0.2, 0.25) is 5.91 Å². The summed E-state index contributed by atoms with van der Waals surface area (Å²) in [5.74, 6) is 0.533. The molecule has 1 heterocycles. The van der Waals surface area contributed by atoms with Gasteiger partial charge in [0.15, 0.2) is 0 Å². The van der Waals surface area contributed by atoms with E-state index < -0.39 is 0 Å². The number of nitrogens with one attached hydrogen (secondary N) is 1. The van der Waals surface area contributed by atoms with Crippen LogP contribution in [0.2, 0.25) is 5.02 Å². The Kier molecular flexibility index (Phi) is 6.21. The highest BCUT2D eigenvalue weighted by Gasteiger charge is 2.18. The number of ether oxygens (including phenoxy) is 1. The number of methoxy groups -OCH3 is 1. The van der Waals surface area contributed by atoms with Gasteiger partial charge in [-0.25, -0.2) is 0 Å². The van der Waals surface area contributed by atoms with Crippen LogP contribution in [0.4, 0.5) is 5.69 Å². The van der Waals surface area contributed by atoms with Crippen molar-refractivity contribution in [2.75, 3.05) is 26.5 Å². The number of carbonyl (C=O) groups is 2. The highest BCUT2D eigenvalue weighted by molar-refractivity contribution is 7.21. The number of halogens is 1. The molecular formula is C21H21ClN2O3S. The molecule has 5 nitrogen and oxygen atoms in total. The molecule has 1 aromatic heterocycles. The van der Waals surface area contributed by atoms with Gasteiger partial charge in [-0.15, -0.1) is 11.3 Å². The van der Waals surface area contributed by atoms with Gasteiger partial charge in [0.05, 0.1) is 12.1 Å². The summed E-state index contributed by atoms with van der Waals surface area (Å²) in [6, 6.07) is 13.0. The van der Waals surface area contributed by atoms with Crippen molar-refractivity contribution >= 4 is 50.5 Å². The predicted molar refractivity (Wildman–Crippen MR) is 115 cm³/mol. The lowest BCUT2D eigenvalue weighted by molar-refractivity contribution is -0.128. The van der Waals surface area contributed by atoms with E-state index in [1.807, 2.05) is 42.5 Å². The Morgan fingerprint density at radius 1 is 1.18 bits per heavy atom. The van der Waals surface area contributed by atoms with Crippen LogP contribution in [0.5, 0.6) is 5.75 Å². The largest absolute Gasteiger partial charge is 0.497 e. The molecule has 28 heavy (non-hydrogen) atoms. The summed E-state index contributed by atoms with van der Waals surface area (Å²) >= 11 is 7.75. The second-order valence-electron chi connectivity index (χ2n) is 6.55. The van der Waals surface area contributed by atoms with E-state index >= 15 is 0 Å². The van der Waals surface area contributed by atoms with Gasteiger partial charge in [-0.05, 0) is 42.3 Å². The first kappa shape index (κ1) is 20.2. The molecule has 146 valence electrons. The second kappa shape index (κ2) is 8.63. The second-order valence-corrected chi connectivity index (χ2v) is 7.98. The van der Waals surface area contributed by atoms with E-state index in [4.69, 9.17) is 16.3 Å². The number of anilines is 1. The Morgan fingerprint density at radius 3 is 2.68 bits per heavy atom. The molecule has 0 bridgehead atoms. The van der Waals surface area contributed by atoms with Crippen molar-refractivity contribution in [3.05, 3.63) is 57.9 Å². The number of carbonyl (C=O) groups excluding carboxylic acids is 2. The number of hydrogen-bond acceptors (Lipinski definition) is 4. The van der Waals surface area contributed by atoms with Crippen LogP contribution in [-0.4, -0.2) is 37.9 Å². The van der Waals surface area contributed by atoms with E-state index in [-0.39, 0.29) is 11.8 Å². The highest BCUT2D eigenvalue weighted by Crippen LogP contribution is 2.37. The zero-order valence-electron chi connectivity index (χ0n) is 15.9. The standard InChI is InChI=1S/C21H21ClN2O3S/c1-24(2)18(25)10-7-13-5-4-6-14(11-13)23-21(26)20-19(22)16-9-8-15(27-3)12-17(16)28-20/h4-6,8-9,11-12H,7,10H2,1-3H3,(H,23,26). The number of rotatable bonds is 6. The van der Waals surface area contributed by atoms with Gasteiger partial charge in [-0.2, -0.15) is 0 Å². The van der Waals surface area contributed by atoms with Crippen LogP contribution in [0.3, 0.4) is 0 Å². The minimum atomic E-state index is -0.258. The van der Waals surface area contributed by atoms with Crippen molar-refractivity contribution in [1.82, 2.24) is 4.90 Å². The fraction of sp³-hybridized carbons (Fsp3) is 0.238. The number of fused-ring (bicyclic) bond motifs is 1. The van der Waals surface area contributed by atoms with E-state index in [2.05, 4.69) is 5.32 Å². The van der Waals surface area contributed by atoms with Gasteiger partial charge >= 0.3 is 0 Å². The lowest BCUT2D eigenvalue weighted by Crippen LogP contribution is -2.21. The SMILES string of the molecule is COc1ccc2c(Cl)c(C(=O)Nc3cccc(CCC(=O)N(C)C)c3)sc2c1. The molecule has 3 aromatic rings. The zero-order valence-corrected chi connectivity index (χ0v) is 17.5. The normalized spacial score (nSPS) is 10.7. The smallest absolute Gasteiger partial charge is 0.267 e. The molecule has 0 spiro atoms. The van der Waals surface area contributed by atoms with Gasteiger partial charge in [-0.1, -0.05) is 23.7 Å². The van der Waals surface area contributed by atoms with Gasteiger partial charge < -0.3 is 15.0 Å². The molecule has 0 aliphatic carbocycles. The van der Waals surface area contributed by atoms with Crippen LogP contribution < -0.4 is 10.1 Å². The minimum absolute atomic E-state index is 0.0712. The summed E-state index contributed by atoms with van der Waals surface area (Å²) in [5.41, 5.74) is 1.66. The summed E-state index contributed by atoms with van der Waals surface area (Å²) in [6.07, 6.45) is 1.04. The van der Waals surface area contributed by atoms with E-state index in [0.717, 1.165) is 21.4 Å². The van der Waals surface area contributed by atoms with E-state index in [1.54, 1.807) is 26.1 Å². The van der Waals surface area contributed by atoms with E-state index in [1.165, 1.54) is 11.3 Å². The number of thiophene rings is 1. The van der Waals surface area contributed by atoms with Crippen molar-refractivity contribution in [2.24, 2.45) is 0 Å². The van der Waals surface area contributed by atoms with Crippen molar-refractivity contribution in [3.8, 4) is 5.75 Å². The summed E-state index contributed by atoms with van der Waals surface area (Å²) in [7, 11) is 5.08. The molecule has 3 rings (SSSR count). The zero-order chi connectivity index (χ0) is 20.3. The summed E-state index contributed by atoms with van der Waals surface area (Å²) in [5, 5.41) is 4.17. The molecule has 0 saturated carbocycles. The highest BCUT2D eigenvalue weighted by atomic mass is 35.5. The van der Waals surface area contributed by atoms with E-state index in [9.17, 15) is 9.59 Å². The third-order valence-electron chi connectivity index (χ3n) is 4.35. The maximum atomic E-state index is 12.7. The van der Waals surface area contributed by atoms with Crippen LogP contribution in [0, 0.1) is 0 Å². The molecular weight excluding hydrogens is 396 g/mol. The average molecular weight is 417 g/mol. The van der Waals surface area contributed by atoms with Crippen LogP contribution >= 0.6 is 22.9 Å². The predicted octanol–water partition coefficient (Wildman–Crippen LogP) is 4.84. The van der Waals surface area contributed by atoms with Gasteiger partial charge in [0, 0.05) is 36.3 Å². The first-order valence-corrected chi connectivity index (χ1v) is 9.95. The molecule has 0 fully saturated rings. The first-order chi connectivity index (χ1) is 13.4. The van der Waals surface area contributed by atoms with Crippen molar-refractivity contribution in [1.29, 1.82) is 0 Å². The molecule has 0 saturated heterocycles. The minimum Gasteiger partial charge on any atom is -0.497 e. The number of nitrogens with zero attached hydrogens (tertiary/aromatic N) is 1. The topological polar surface area (TPSA) is 58.6 Å². The number of benzene rings is 2. The fourth-order valence-corrected chi connectivity index (χ4v) is 4.23. The average Bonchev–Trinajstić information content (AvgIpc) is 3.02. The molecule has 0 aliphatic heterocycles. The molecule has 0 unspecified atom stereocenters. The Balaban J connectivity index is 1.76. The van der Waals surface area contributed by atoms with Crippen molar-refractivity contribution < 1.29 is 14.3 Å². The summed E-state index contributed by atoms with van der Waals surface area (Å²) < 4.78 is 6.13. The molecule has 0 atom stereocenters. The lowest BCUT2D eigenvalue weighted by atomic mass is 10.1. The van der Waals surface area contributed by atoms with Crippen LogP contribution in [0.15, 0.2) is 42.5 Å². The van der Waals surface area contributed by atoms with Gasteiger partial charge in [0.25, 0.3) is 5.91 Å². The monoisotopic (exact) mass is 416 g/mol. The number of amides is 2. The number of hydrogen-bond donors (Lipinski definition) is 1. The van der Waals surface area contributed by atoms with Crippen molar-refractivity contribution in [2.45, 2.75) is 12.8 Å². The quantitative estimate of drug-likeness (QED) is 0.625. The Bertz CT molecular complexity index is 1030. The van der Waals surface area contributed by atoms with Crippen LogP contribution in [0.1, 0.15) is 21.7 Å². The lowest BCUT2D eigenvalue weighted by Gasteiger charge is -2.10. The van der Waals surface area contributed by atoms with Crippen LogP contribution in [0.25, 0.3) is 10.1 Å². The molecule has 0 aliphatic rings. The van der Waals surface area contributed by atoms with Gasteiger partial charge in [0.1, 0.15) is 10.6 Å². The number of aryl methyl sites for hydroxylation is 1. The molecule has 0 radical (unpaired) electrons. The Labute approximate surface area is 172 Å². The fourth-order valence-electron chi connectivity index (χ4n) is 2.79. The first-order valence-electron chi connectivity index (χ1n) is 8.75.